The standard InChI is InChI=1S/C11H9N5O2S/c1-7-12-13-11-15(7)14-10(6-19-11)8-2-4-9(5-3-8)16(17)18/h2-5H,6H2,1H3. The van der Waals surface area contributed by atoms with Gasteiger partial charge in [0.15, 0.2) is 5.82 Å². The summed E-state index contributed by atoms with van der Waals surface area (Å²) in [5, 5.41) is 23.8. The molecule has 7 nitrogen and oxygen atoms in total. The van der Waals surface area contributed by atoms with Gasteiger partial charge < -0.3 is 0 Å². The Kier molecular flexibility index (Phi) is 2.79. The van der Waals surface area contributed by atoms with E-state index in [0.717, 1.165) is 22.3 Å². The number of hydrogen-bond donors (Lipinski definition) is 0. The fourth-order valence-corrected chi connectivity index (χ4v) is 2.63. The molecule has 2 heterocycles. The summed E-state index contributed by atoms with van der Waals surface area (Å²) in [5.41, 5.74) is 1.81. The maximum Gasteiger partial charge on any atom is 0.269 e. The summed E-state index contributed by atoms with van der Waals surface area (Å²) in [6.45, 7) is 1.83. The molecule has 0 spiro atoms. The molecule has 0 unspecified atom stereocenters. The van der Waals surface area contributed by atoms with Crippen LogP contribution in [0.3, 0.4) is 0 Å². The van der Waals surface area contributed by atoms with Crippen molar-refractivity contribution in [2.45, 2.75) is 12.1 Å². The molecule has 0 amide bonds. The summed E-state index contributed by atoms with van der Waals surface area (Å²) in [4.78, 5) is 10.2. The molecular formula is C11H9N5O2S. The summed E-state index contributed by atoms with van der Waals surface area (Å²) >= 11 is 1.55. The fraction of sp³-hybridized carbons (Fsp3) is 0.182. The minimum atomic E-state index is -0.413. The molecule has 19 heavy (non-hydrogen) atoms. The first kappa shape index (κ1) is 11.8. The van der Waals surface area contributed by atoms with Crippen molar-refractivity contribution in [2.75, 3.05) is 5.75 Å². The largest absolute Gasteiger partial charge is 0.269 e. The average Bonchev–Trinajstić information content (AvgIpc) is 2.80. The topological polar surface area (TPSA) is 86.2 Å². The predicted molar refractivity (Wildman–Crippen MR) is 70.5 cm³/mol. The third-order valence-electron chi connectivity index (χ3n) is 2.74. The van der Waals surface area contributed by atoms with Gasteiger partial charge in [-0.3, -0.25) is 10.1 Å². The van der Waals surface area contributed by atoms with Gasteiger partial charge in [-0.1, -0.05) is 11.8 Å². The molecule has 8 heteroatoms. The highest BCUT2D eigenvalue weighted by molar-refractivity contribution is 7.99. The lowest BCUT2D eigenvalue weighted by atomic mass is 10.1. The van der Waals surface area contributed by atoms with Gasteiger partial charge in [-0.15, -0.1) is 10.2 Å². The van der Waals surface area contributed by atoms with Crippen molar-refractivity contribution in [3.63, 3.8) is 0 Å². The maximum absolute atomic E-state index is 10.6. The third kappa shape index (κ3) is 2.10. The number of aromatic nitrogens is 3. The number of nitro benzene ring substituents is 1. The molecule has 1 aromatic carbocycles. The summed E-state index contributed by atoms with van der Waals surface area (Å²) in [5.74, 6) is 1.40. The summed E-state index contributed by atoms with van der Waals surface area (Å²) in [6, 6.07) is 6.39. The van der Waals surface area contributed by atoms with Crippen LogP contribution in [-0.4, -0.2) is 31.3 Å². The maximum atomic E-state index is 10.6. The van der Waals surface area contributed by atoms with E-state index in [2.05, 4.69) is 15.3 Å². The zero-order chi connectivity index (χ0) is 13.4. The second-order valence-electron chi connectivity index (χ2n) is 3.98. The molecule has 0 fully saturated rings. The van der Waals surface area contributed by atoms with E-state index in [1.165, 1.54) is 12.1 Å². The highest BCUT2D eigenvalue weighted by atomic mass is 32.2. The Morgan fingerprint density at radius 3 is 2.74 bits per heavy atom. The lowest BCUT2D eigenvalue weighted by molar-refractivity contribution is -0.384. The fourth-order valence-electron chi connectivity index (χ4n) is 1.74. The van der Waals surface area contributed by atoms with Crippen molar-refractivity contribution >= 4 is 23.2 Å². The molecular weight excluding hydrogens is 266 g/mol. The molecule has 1 aromatic heterocycles. The van der Waals surface area contributed by atoms with E-state index >= 15 is 0 Å². The van der Waals surface area contributed by atoms with Gasteiger partial charge in [-0.2, -0.15) is 9.78 Å². The summed E-state index contributed by atoms with van der Waals surface area (Å²) in [6.07, 6.45) is 0. The Hall–Kier alpha value is -2.22. The van der Waals surface area contributed by atoms with Gasteiger partial charge in [0, 0.05) is 17.9 Å². The Morgan fingerprint density at radius 1 is 1.32 bits per heavy atom. The Morgan fingerprint density at radius 2 is 2.05 bits per heavy atom. The highest BCUT2D eigenvalue weighted by Gasteiger charge is 2.18. The average molecular weight is 275 g/mol. The Balaban J connectivity index is 1.97. The van der Waals surface area contributed by atoms with Crippen LogP contribution in [-0.2, 0) is 0 Å². The zero-order valence-electron chi connectivity index (χ0n) is 9.98. The smallest absolute Gasteiger partial charge is 0.258 e. The van der Waals surface area contributed by atoms with Crippen molar-refractivity contribution in [3.8, 4) is 0 Å². The van der Waals surface area contributed by atoms with Crippen LogP contribution < -0.4 is 0 Å². The SMILES string of the molecule is Cc1nnc2n1N=C(c1ccc([N+](=O)[O-])cc1)CS2. The third-order valence-corrected chi connectivity index (χ3v) is 3.67. The Bertz CT molecular complexity index is 677. The molecule has 3 rings (SSSR count). The van der Waals surface area contributed by atoms with Crippen LogP contribution in [0.5, 0.6) is 0 Å². The molecule has 0 aliphatic carbocycles. The molecule has 0 radical (unpaired) electrons. The van der Waals surface area contributed by atoms with E-state index in [-0.39, 0.29) is 5.69 Å². The van der Waals surface area contributed by atoms with Crippen LogP contribution >= 0.6 is 11.8 Å². The van der Waals surface area contributed by atoms with Gasteiger partial charge in [0.1, 0.15) is 0 Å². The number of rotatable bonds is 2. The number of fused-ring (bicyclic) bond motifs is 1. The minimum Gasteiger partial charge on any atom is -0.258 e. The number of hydrogen-bond acceptors (Lipinski definition) is 6. The van der Waals surface area contributed by atoms with Gasteiger partial charge in [0.05, 0.1) is 10.6 Å². The van der Waals surface area contributed by atoms with E-state index in [9.17, 15) is 10.1 Å². The molecule has 0 atom stereocenters. The highest BCUT2D eigenvalue weighted by Crippen LogP contribution is 2.24. The van der Waals surface area contributed by atoms with E-state index < -0.39 is 4.92 Å². The summed E-state index contributed by atoms with van der Waals surface area (Å²) < 4.78 is 1.69. The van der Waals surface area contributed by atoms with Crippen LogP contribution in [0.2, 0.25) is 0 Å². The van der Waals surface area contributed by atoms with E-state index in [4.69, 9.17) is 0 Å². The van der Waals surface area contributed by atoms with Crippen molar-refractivity contribution in [3.05, 3.63) is 45.8 Å². The summed E-state index contributed by atoms with van der Waals surface area (Å²) in [7, 11) is 0. The van der Waals surface area contributed by atoms with E-state index in [1.807, 2.05) is 6.92 Å². The molecule has 96 valence electrons. The van der Waals surface area contributed by atoms with Crippen LogP contribution in [0, 0.1) is 17.0 Å². The molecule has 0 saturated carbocycles. The first-order valence-corrected chi connectivity index (χ1v) is 6.51. The van der Waals surface area contributed by atoms with Crippen LogP contribution in [0.4, 0.5) is 5.69 Å². The van der Waals surface area contributed by atoms with E-state index in [0.29, 0.717) is 5.75 Å². The van der Waals surface area contributed by atoms with Gasteiger partial charge in [-0.05, 0) is 24.6 Å². The normalized spacial score (nSPS) is 13.8. The minimum absolute atomic E-state index is 0.0778. The van der Waals surface area contributed by atoms with Gasteiger partial charge >= 0.3 is 0 Å². The van der Waals surface area contributed by atoms with Crippen molar-refractivity contribution < 1.29 is 4.92 Å². The van der Waals surface area contributed by atoms with Crippen molar-refractivity contribution in [1.82, 2.24) is 14.9 Å². The number of nitrogens with zero attached hydrogens (tertiary/aromatic N) is 5. The zero-order valence-corrected chi connectivity index (χ0v) is 10.8. The molecule has 0 saturated heterocycles. The van der Waals surface area contributed by atoms with Gasteiger partial charge in [-0.25, -0.2) is 0 Å². The first-order chi connectivity index (χ1) is 9.15. The molecule has 0 bridgehead atoms. The quantitative estimate of drug-likeness (QED) is 0.616. The van der Waals surface area contributed by atoms with Crippen molar-refractivity contribution in [1.29, 1.82) is 0 Å². The first-order valence-electron chi connectivity index (χ1n) is 5.52. The number of non-ortho nitro benzene ring substituents is 1. The van der Waals surface area contributed by atoms with Crippen LogP contribution in [0.1, 0.15) is 11.4 Å². The second kappa shape index (κ2) is 4.47. The number of benzene rings is 1. The Labute approximate surface area is 112 Å². The lowest BCUT2D eigenvalue weighted by Gasteiger charge is -2.12. The molecule has 2 aromatic rings. The van der Waals surface area contributed by atoms with Crippen LogP contribution in [0.15, 0.2) is 34.5 Å². The van der Waals surface area contributed by atoms with Gasteiger partial charge in [0.2, 0.25) is 5.16 Å². The number of nitro groups is 1. The van der Waals surface area contributed by atoms with Crippen LogP contribution in [0.25, 0.3) is 0 Å². The molecule has 0 N–H and O–H groups in total. The second-order valence-corrected chi connectivity index (χ2v) is 4.92. The number of thioether (sulfide) groups is 1. The molecule has 1 aliphatic rings. The number of aryl methyl sites for hydroxylation is 1. The van der Waals surface area contributed by atoms with E-state index in [1.54, 1.807) is 28.6 Å². The molecule has 1 aliphatic heterocycles. The lowest BCUT2D eigenvalue weighted by Crippen LogP contribution is -2.13. The predicted octanol–water partition coefficient (Wildman–Crippen LogP) is 1.85. The van der Waals surface area contributed by atoms with Gasteiger partial charge in [0.25, 0.3) is 5.69 Å². The monoisotopic (exact) mass is 275 g/mol. The van der Waals surface area contributed by atoms with Crippen molar-refractivity contribution in [2.24, 2.45) is 5.10 Å².